The smallest absolute Gasteiger partial charge is 0.0103 e. The van der Waals surface area contributed by atoms with E-state index in [4.69, 9.17) is 0 Å². The Morgan fingerprint density at radius 1 is 1.33 bits per heavy atom. The quantitative estimate of drug-likeness (QED) is 0.530. The molecule has 56 valence electrons. The summed E-state index contributed by atoms with van der Waals surface area (Å²) in [7, 11) is 1.36. The van der Waals surface area contributed by atoms with E-state index in [-0.39, 0.29) is 0 Å². The van der Waals surface area contributed by atoms with Crippen molar-refractivity contribution < 1.29 is 0 Å². The van der Waals surface area contributed by atoms with E-state index >= 15 is 0 Å². The van der Waals surface area contributed by atoms with Crippen LogP contribution in [0.15, 0.2) is 0 Å². The van der Waals surface area contributed by atoms with Gasteiger partial charge in [0.15, 0.2) is 0 Å². The van der Waals surface area contributed by atoms with Crippen molar-refractivity contribution in [1.29, 1.82) is 0 Å². The summed E-state index contributed by atoms with van der Waals surface area (Å²) in [6.45, 7) is 6.99. The predicted molar refractivity (Wildman–Crippen MR) is 48.1 cm³/mol. The maximum absolute atomic E-state index is 2.41. The van der Waals surface area contributed by atoms with Crippen molar-refractivity contribution in [3.63, 3.8) is 0 Å². The maximum atomic E-state index is 2.41. The molecule has 0 aliphatic heterocycles. The van der Waals surface area contributed by atoms with Crippen LogP contribution in [0.3, 0.4) is 0 Å². The molecule has 0 rings (SSSR count). The van der Waals surface area contributed by atoms with Crippen LogP contribution in [0, 0.1) is 0 Å². The van der Waals surface area contributed by atoms with Gasteiger partial charge in [0.05, 0.1) is 0 Å². The van der Waals surface area contributed by atoms with Crippen LogP contribution in [0.5, 0.6) is 0 Å². The van der Waals surface area contributed by atoms with Crippen molar-refractivity contribution >= 4 is 10.2 Å². The van der Waals surface area contributed by atoms with Crippen LogP contribution >= 0.6 is 0 Å². The second-order valence-corrected chi connectivity index (χ2v) is 6.04. The molecule has 0 amide bonds. The Balaban J connectivity index is 3.33. The maximum Gasteiger partial charge on any atom is 0.0103 e. The molecule has 0 N–H and O–H groups in total. The number of rotatable bonds is 4. The van der Waals surface area contributed by atoms with E-state index in [1.165, 1.54) is 35.9 Å². The molecular weight excluding hydrogens is 124 g/mol. The SMILES string of the molecule is CCCCC(C)([SiH3])CC. The minimum Gasteiger partial charge on any atom is -0.0654 e. The first-order valence-corrected chi connectivity index (χ1v) is 5.12. The third kappa shape index (κ3) is 4.70. The Morgan fingerprint density at radius 3 is 2.22 bits per heavy atom. The normalized spacial score (nSPS) is 17.7. The van der Waals surface area contributed by atoms with E-state index in [0.29, 0.717) is 0 Å². The van der Waals surface area contributed by atoms with Crippen LogP contribution < -0.4 is 0 Å². The molecule has 0 aromatic heterocycles. The molecule has 1 atom stereocenters. The highest BCUT2D eigenvalue weighted by Crippen LogP contribution is 2.30. The van der Waals surface area contributed by atoms with Crippen LogP contribution in [0.25, 0.3) is 0 Å². The zero-order valence-corrected chi connectivity index (χ0v) is 9.33. The molecule has 0 aliphatic carbocycles. The summed E-state index contributed by atoms with van der Waals surface area (Å²) < 4.78 is 0. The van der Waals surface area contributed by atoms with Gasteiger partial charge in [-0.05, 0) is 5.04 Å². The Kier molecular flexibility index (Phi) is 4.20. The summed E-state index contributed by atoms with van der Waals surface area (Å²) in [5.74, 6) is 0. The van der Waals surface area contributed by atoms with Gasteiger partial charge in [-0.2, -0.15) is 0 Å². The first kappa shape index (κ1) is 9.22. The van der Waals surface area contributed by atoms with Gasteiger partial charge in [-0.3, -0.25) is 0 Å². The van der Waals surface area contributed by atoms with Gasteiger partial charge < -0.3 is 0 Å². The molecule has 0 bridgehead atoms. The summed E-state index contributed by atoms with van der Waals surface area (Å²) in [6.07, 6.45) is 5.61. The molecule has 0 fully saturated rings. The summed E-state index contributed by atoms with van der Waals surface area (Å²) in [5.41, 5.74) is 0. The minimum absolute atomic E-state index is 0.732. The van der Waals surface area contributed by atoms with Gasteiger partial charge in [0.25, 0.3) is 0 Å². The lowest BCUT2D eigenvalue weighted by Gasteiger charge is -2.21. The third-order valence-corrected chi connectivity index (χ3v) is 3.37. The molecule has 0 saturated heterocycles. The standard InChI is InChI=1S/C8H20Si/c1-4-6-7-8(3,9)5-2/h4-7H2,1-3,9H3. The highest BCUT2D eigenvalue weighted by Gasteiger charge is 2.12. The van der Waals surface area contributed by atoms with Gasteiger partial charge in [0, 0.05) is 10.2 Å². The topological polar surface area (TPSA) is 0 Å². The van der Waals surface area contributed by atoms with Crippen LogP contribution in [0.1, 0.15) is 46.5 Å². The second-order valence-electron chi connectivity index (χ2n) is 3.62. The Hall–Kier alpha value is 0.217. The lowest BCUT2D eigenvalue weighted by atomic mass is 10.0. The zero-order valence-electron chi connectivity index (χ0n) is 7.33. The van der Waals surface area contributed by atoms with Crippen molar-refractivity contribution in [3.05, 3.63) is 0 Å². The molecule has 9 heavy (non-hydrogen) atoms. The van der Waals surface area contributed by atoms with Crippen LogP contribution in [0.4, 0.5) is 0 Å². The van der Waals surface area contributed by atoms with Crippen molar-refractivity contribution in [2.45, 2.75) is 51.5 Å². The molecule has 0 heterocycles. The Labute approximate surface area is 62.5 Å². The van der Waals surface area contributed by atoms with Gasteiger partial charge in [0.1, 0.15) is 0 Å². The van der Waals surface area contributed by atoms with E-state index in [1.807, 2.05) is 0 Å². The highest BCUT2D eigenvalue weighted by molar-refractivity contribution is 6.14. The number of hydrogen-bond acceptors (Lipinski definition) is 0. The van der Waals surface area contributed by atoms with E-state index < -0.39 is 0 Å². The molecule has 0 saturated carbocycles. The monoisotopic (exact) mass is 144 g/mol. The van der Waals surface area contributed by atoms with E-state index in [1.54, 1.807) is 0 Å². The summed E-state index contributed by atoms with van der Waals surface area (Å²) in [5, 5.41) is 0.732. The van der Waals surface area contributed by atoms with Crippen LogP contribution in [-0.2, 0) is 0 Å². The lowest BCUT2D eigenvalue weighted by Crippen LogP contribution is -2.05. The molecule has 0 nitrogen and oxygen atoms in total. The molecule has 0 radical (unpaired) electrons. The first-order chi connectivity index (χ1) is 4.12. The van der Waals surface area contributed by atoms with Crippen molar-refractivity contribution in [1.82, 2.24) is 0 Å². The van der Waals surface area contributed by atoms with Gasteiger partial charge in [-0.25, -0.2) is 0 Å². The van der Waals surface area contributed by atoms with Gasteiger partial charge >= 0.3 is 0 Å². The fraction of sp³-hybridized carbons (Fsp3) is 1.00. The van der Waals surface area contributed by atoms with Crippen molar-refractivity contribution in [2.24, 2.45) is 0 Å². The van der Waals surface area contributed by atoms with E-state index in [9.17, 15) is 0 Å². The average molecular weight is 144 g/mol. The van der Waals surface area contributed by atoms with Crippen LogP contribution in [0.2, 0.25) is 5.04 Å². The van der Waals surface area contributed by atoms with Crippen LogP contribution in [-0.4, -0.2) is 10.2 Å². The average Bonchev–Trinajstić information content (AvgIpc) is 1.84. The highest BCUT2D eigenvalue weighted by atomic mass is 28.1. The van der Waals surface area contributed by atoms with E-state index in [0.717, 1.165) is 5.04 Å². The molecule has 0 aliphatic rings. The molecule has 1 unspecified atom stereocenters. The molecular formula is C8H20Si. The molecule has 1 heteroatoms. The summed E-state index contributed by atoms with van der Waals surface area (Å²) in [4.78, 5) is 0. The van der Waals surface area contributed by atoms with Gasteiger partial charge in [-0.1, -0.05) is 46.5 Å². The third-order valence-electron chi connectivity index (χ3n) is 2.16. The van der Waals surface area contributed by atoms with Gasteiger partial charge in [-0.15, -0.1) is 0 Å². The summed E-state index contributed by atoms with van der Waals surface area (Å²) in [6, 6.07) is 0. The lowest BCUT2D eigenvalue weighted by molar-refractivity contribution is 0.515. The fourth-order valence-corrected chi connectivity index (χ4v) is 1.19. The van der Waals surface area contributed by atoms with Crippen molar-refractivity contribution in [3.8, 4) is 0 Å². The largest absolute Gasteiger partial charge is 0.0654 e. The number of unbranched alkanes of at least 4 members (excludes halogenated alkanes) is 1. The molecule has 0 spiro atoms. The molecule has 0 aromatic carbocycles. The van der Waals surface area contributed by atoms with Crippen molar-refractivity contribution in [2.75, 3.05) is 0 Å². The number of hydrogen-bond donors (Lipinski definition) is 0. The zero-order chi connectivity index (χ0) is 7.33. The van der Waals surface area contributed by atoms with E-state index in [2.05, 4.69) is 20.8 Å². The minimum atomic E-state index is 0.732. The molecule has 0 aromatic rings. The summed E-state index contributed by atoms with van der Waals surface area (Å²) >= 11 is 0. The second kappa shape index (κ2) is 4.10. The Bertz CT molecular complexity index is 67.0. The predicted octanol–water partition coefficient (Wildman–Crippen LogP) is 2.13. The first-order valence-electron chi connectivity index (χ1n) is 4.12. The van der Waals surface area contributed by atoms with Gasteiger partial charge in [0.2, 0.25) is 0 Å². The Morgan fingerprint density at radius 2 is 1.89 bits per heavy atom. The fourth-order valence-electron chi connectivity index (χ4n) is 0.832.